The van der Waals surface area contributed by atoms with Crippen LogP contribution >= 0.6 is 11.6 Å². The van der Waals surface area contributed by atoms with Crippen molar-refractivity contribution in [3.63, 3.8) is 0 Å². The third kappa shape index (κ3) is 5.92. The minimum Gasteiger partial charge on any atom is -0.478 e. The Balaban J connectivity index is 1.90. The molecule has 0 saturated heterocycles. The van der Waals surface area contributed by atoms with Crippen LogP contribution in [0.1, 0.15) is 18.0 Å². The van der Waals surface area contributed by atoms with Gasteiger partial charge in [0, 0.05) is 32.6 Å². The summed E-state index contributed by atoms with van der Waals surface area (Å²) in [6, 6.07) is 12.8. The Bertz CT molecular complexity index is 692. The summed E-state index contributed by atoms with van der Waals surface area (Å²) in [5.74, 6) is 1.02. The second-order valence-electron chi connectivity index (χ2n) is 5.61. The van der Waals surface area contributed by atoms with Gasteiger partial charge in [-0.15, -0.1) is 0 Å². The summed E-state index contributed by atoms with van der Waals surface area (Å²) >= 11 is 5.84. The first-order valence-electron chi connectivity index (χ1n) is 7.91. The first-order valence-corrected chi connectivity index (χ1v) is 8.29. The van der Waals surface area contributed by atoms with E-state index in [0.29, 0.717) is 23.4 Å². The number of carbonyl (C=O) groups is 1. The number of halogens is 1. The maximum absolute atomic E-state index is 11.5. The van der Waals surface area contributed by atoms with Gasteiger partial charge in [-0.1, -0.05) is 29.8 Å². The summed E-state index contributed by atoms with van der Waals surface area (Å²) in [6.45, 7) is 0.496. The van der Waals surface area contributed by atoms with Gasteiger partial charge in [0.1, 0.15) is 10.9 Å². The van der Waals surface area contributed by atoms with Gasteiger partial charge in [0.05, 0.1) is 6.61 Å². The number of hydrogen-bond donors (Lipinski definition) is 1. The van der Waals surface area contributed by atoms with Crippen molar-refractivity contribution in [2.24, 2.45) is 0 Å². The molecule has 0 spiro atoms. The van der Waals surface area contributed by atoms with E-state index in [2.05, 4.69) is 10.3 Å². The lowest BCUT2D eigenvalue weighted by Gasteiger charge is -2.17. The molecule has 0 saturated carbocycles. The van der Waals surface area contributed by atoms with Gasteiger partial charge in [0.25, 0.3) is 0 Å². The van der Waals surface area contributed by atoms with Crippen molar-refractivity contribution in [1.82, 2.24) is 15.2 Å². The molecule has 2 aromatic rings. The van der Waals surface area contributed by atoms with Crippen LogP contribution in [0.2, 0.25) is 5.15 Å². The largest absolute Gasteiger partial charge is 0.478 e. The number of pyridine rings is 1. The Morgan fingerprint density at radius 3 is 2.56 bits per heavy atom. The molecule has 0 aliphatic heterocycles. The molecule has 1 heterocycles. The standard InChI is InChI=1S/C18H22ClN3O3/c1-20-15(11-12-24-17-6-4-5-16(19)21-17)13-7-9-14(10-8-13)25-18(23)22(2)3/h4-10,15,20H,11-12H2,1-3H3. The van der Waals surface area contributed by atoms with Gasteiger partial charge in [-0.3, -0.25) is 0 Å². The summed E-state index contributed by atoms with van der Waals surface area (Å²) in [6.07, 6.45) is 0.349. The molecule has 0 aliphatic carbocycles. The van der Waals surface area contributed by atoms with Gasteiger partial charge in [-0.05, 0) is 30.8 Å². The topological polar surface area (TPSA) is 63.7 Å². The predicted molar refractivity (Wildman–Crippen MR) is 97.3 cm³/mol. The number of ether oxygens (including phenoxy) is 2. The zero-order chi connectivity index (χ0) is 18.2. The van der Waals surface area contributed by atoms with Crippen LogP contribution in [0.3, 0.4) is 0 Å². The molecule has 2 rings (SSSR count). The number of aromatic nitrogens is 1. The average molecular weight is 364 g/mol. The Morgan fingerprint density at radius 2 is 1.96 bits per heavy atom. The van der Waals surface area contributed by atoms with Crippen LogP contribution in [-0.4, -0.2) is 43.7 Å². The molecular weight excluding hydrogens is 342 g/mol. The second kappa shape index (κ2) is 9.25. The number of nitrogens with one attached hydrogen (secondary N) is 1. The highest BCUT2D eigenvalue weighted by atomic mass is 35.5. The van der Waals surface area contributed by atoms with Crippen molar-refractivity contribution in [2.75, 3.05) is 27.7 Å². The van der Waals surface area contributed by atoms with Crippen molar-refractivity contribution in [2.45, 2.75) is 12.5 Å². The van der Waals surface area contributed by atoms with E-state index in [-0.39, 0.29) is 6.04 Å². The normalized spacial score (nSPS) is 11.7. The van der Waals surface area contributed by atoms with Gasteiger partial charge in [-0.2, -0.15) is 0 Å². The summed E-state index contributed by atoms with van der Waals surface area (Å²) in [4.78, 5) is 17.0. The fourth-order valence-electron chi connectivity index (χ4n) is 2.19. The van der Waals surface area contributed by atoms with Crippen LogP contribution in [0, 0.1) is 0 Å². The van der Waals surface area contributed by atoms with Gasteiger partial charge in [0.15, 0.2) is 0 Å². The highest BCUT2D eigenvalue weighted by Crippen LogP contribution is 2.21. The molecule has 1 aromatic heterocycles. The number of amides is 1. The molecule has 0 radical (unpaired) electrons. The third-order valence-electron chi connectivity index (χ3n) is 3.55. The molecule has 0 fully saturated rings. The van der Waals surface area contributed by atoms with E-state index in [4.69, 9.17) is 21.1 Å². The van der Waals surface area contributed by atoms with E-state index < -0.39 is 6.09 Å². The van der Waals surface area contributed by atoms with E-state index in [9.17, 15) is 4.79 Å². The Labute approximate surface area is 152 Å². The van der Waals surface area contributed by atoms with Crippen LogP contribution in [0.15, 0.2) is 42.5 Å². The highest BCUT2D eigenvalue weighted by molar-refractivity contribution is 6.29. The van der Waals surface area contributed by atoms with E-state index in [1.54, 1.807) is 44.4 Å². The van der Waals surface area contributed by atoms with E-state index in [1.807, 2.05) is 19.2 Å². The molecule has 25 heavy (non-hydrogen) atoms. The summed E-state index contributed by atoms with van der Waals surface area (Å²) < 4.78 is 10.8. The zero-order valence-electron chi connectivity index (χ0n) is 14.5. The molecule has 134 valence electrons. The monoisotopic (exact) mass is 363 g/mol. The number of rotatable bonds is 7. The number of benzene rings is 1. The molecule has 6 nitrogen and oxygen atoms in total. The van der Waals surface area contributed by atoms with Crippen LogP contribution in [0.5, 0.6) is 11.6 Å². The van der Waals surface area contributed by atoms with E-state index in [1.165, 1.54) is 4.90 Å². The third-order valence-corrected chi connectivity index (χ3v) is 3.76. The van der Waals surface area contributed by atoms with E-state index >= 15 is 0 Å². The van der Waals surface area contributed by atoms with Crippen LogP contribution in [0.4, 0.5) is 4.79 Å². The second-order valence-corrected chi connectivity index (χ2v) is 6.00. The Morgan fingerprint density at radius 1 is 1.24 bits per heavy atom. The molecular formula is C18H22ClN3O3. The predicted octanol–water partition coefficient (Wildman–Crippen LogP) is 3.53. The summed E-state index contributed by atoms with van der Waals surface area (Å²) in [5, 5.41) is 3.66. The first-order chi connectivity index (χ1) is 12.0. The Kier molecular flexibility index (Phi) is 7.03. The van der Waals surface area contributed by atoms with Gasteiger partial charge in [0.2, 0.25) is 5.88 Å². The lowest BCUT2D eigenvalue weighted by atomic mass is 10.0. The molecule has 1 N–H and O–H groups in total. The summed E-state index contributed by atoms with van der Waals surface area (Å²) in [7, 11) is 5.17. The fraction of sp³-hybridized carbons (Fsp3) is 0.333. The van der Waals surface area contributed by atoms with Gasteiger partial charge in [-0.25, -0.2) is 9.78 Å². The average Bonchev–Trinajstić information content (AvgIpc) is 2.59. The molecule has 1 atom stereocenters. The quantitative estimate of drug-likeness (QED) is 0.762. The lowest BCUT2D eigenvalue weighted by Crippen LogP contribution is -2.25. The number of carbonyl (C=O) groups excluding carboxylic acids is 1. The van der Waals surface area contributed by atoms with Crippen molar-refractivity contribution in [3.05, 3.63) is 53.2 Å². The smallest absolute Gasteiger partial charge is 0.414 e. The van der Waals surface area contributed by atoms with Crippen LogP contribution < -0.4 is 14.8 Å². The van der Waals surface area contributed by atoms with Crippen molar-refractivity contribution >= 4 is 17.7 Å². The SMILES string of the molecule is CNC(CCOc1cccc(Cl)n1)c1ccc(OC(=O)N(C)C)cc1. The van der Waals surface area contributed by atoms with Gasteiger partial charge < -0.3 is 19.7 Å². The van der Waals surface area contributed by atoms with Crippen molar-refractivity contribution in [3.8, 4) is 11.6 Å². The minimum atomic E-state index is -0.402. The summed E-state index contributed by atoms with van der Waals surface area (Å²) in [5.41, 5.74) is 1.08. The first kappa shape index (κ1) is 19.0. The Hall–Kier alpha value is -2.31. The molecule has 0 aliphatic rings. The van der Waals surface area contributed by atoms with Crippen LogP contribution in [0.25, 0.3) is 0 Å². The maximum Gasteiger partial charge on any atom is 0.414 e. The molecule has 1 amide bonds. The molecule has 0 bridgehead atoms. The van der Waals surface area contributed by atoms with E-state index in [0.717, 1.165) is 12.0 Å². The minimum absolute atomic E-state index is 0.109. The maximum atomic E-state index is 11.5. The van der Waals surface area contributed by atoms with Crippen molar-refractivity contribution < 1.29 is 14.3 Å². The molecule has 7 heteroatoms. The number of hydrogen-bond acceptors (Lipinski definition) is 5. The highest BCUT2D eigenvalue weighted by Gasteiger charge is 2.11. The van der Waals surface area contributed by atoms with Crippen LogP contribution in [-0.2, 0) is 0 Å². The van der Waals surface area contributed by atoms with Gasteiger partial charge >= 0.3 is 6.09 Å². The number of nitrogens with zero attached hydrogens (tertiary/aromatic N) is 2. The lowest BCUT2D eigenvalue weighted by molar-refractivity contribution is 0.172. The zero-order valence-corrected chi connectivity index (χ0v) is 15.3. The fourth-order valence-corrected chi connectivity index (χ4v) is 2.35. The molecule has 1 unspecified atom stereocenters. The molecule has 1 aromatic carbocycles. The van der Waals surface area contributed by atoms with Crippen molar-refractivity contribution in [1.29, 1.82) is 0 Å².